The first kappa shape index (κ1) is 14.6. The van der Waals surface area contributed by atoms with Crippen LogP contribution in [0.25, 0.3) is 11.3 Å². The summed E-state index contributed by atoms with van der Waals surface area (Å²) in [5, 5.41) is 7.05. The number of carbonyl (C=O) groups excluding carboxylic acids is 2. The minimum absolute atomic E-state index is 0.00228. The lowest BCUT2D eigenvalue weighted by Crippen LogP contribution is -2.34. The van der Waals surface area contributed by atoms with Gasteiger partial charge in [0, 0.05) is 23.1 Å². The lowest BCUT2D eigenvalue weighted by atomic mass is 10.2. The molecule has 1 saturated heterocycles. The van der Waals surface area contributed by atoms with Crippen LogP contribution in [-0.4, -0.2) is 23.1 Å². The lowest BCUT2D eigenvalue weighted by Gasteiger charge is -2.08. The summed E-state index contributed by atoms with van der Waals surface area (Å²) < 4.78 is 10.3. The number of carbonyl (C=O) groups is 2. The molecule has 7 heteroatoms. The molecule has 0 bridgehead atoms. The minimum Gasteiger partial charge on any atom is -0.458 e. The molecule has 114 valence electrons. The second-order valence-electron chi connectivity index (χ2n) is 4.96. The maximum atomic E-state index is 11.8. The monoisotopic (exact) mass is 320 g/mol. The maximum Gasteiger partial charge on any atom is 0.329 e. The number of benzene rings is 1. The third-order valence-corrected chi connectivity index (χ3v) is 3.58. The molecular weight excluding hydrogens is 308 g/mol. The average molecular weight is 321 g/mol. The minimum atomic E-state index is -0.560. The fourth-order valence-corrected chi connectivity index (χ4v) is 2.29. The van der Waals surface area contributed by atoms with Gasteiger partial charge in [0.2, 0.25) is 5.91 Å². The van der Waals surface area contributed by atoms with Crippen molar-refractivity contribution in [1.29, 1.82) is 0 Å². The third kappa shape index (κ3) is 3.28. The van der Waals surface area contributed by atoms with Crippen LogP contribution < -0.4 is 5.32 Å². The number of aromatic nitrogens is 1. The Morgan fingerprint density at radius 3 is 2.86 bits per heavy atom. The molecule has 6 nitrogen and oxygen atoms in total. The van der Waals surface area contributed by atoms with E-state index in [2.05, 4.69) is 10.5 Å². The second-order valence-corrected chi connectivity index (χ2v) is 5.39. The van der Waals surface area contributed by atoms with Crippen molar-refractivity contribution in [1.82, 2.24) is 10.5 Å². The molecule has 0 aliphatic carbocycles. The SMILES string of the molecule is O=C1CCC(C(=O)OCc2cc(-c3ccc(Cl)cc3)on2)N1. The summed E-state index contributed by atoms with van der Waals surface area (Å²) in [5.74, 6) is -0.0211. The maximum absolute atomic E-state index is 11.8. The third-order valence-electron chi connectivity index (χ3n) is 3.33. The Hall–Kier alpha value is -2.34. The highest BCUT2D eigenvalue weighted by atomic mass is 35.5. The van der Waals surface area contributed by atoms with Gasteiger partial charge in [-0.25, -0.2) is 4.79 Å². The quantitative estimate of drug-likeness (QED) is 0.874. The van der Waals surface area contributed by atoms with Crippen LogP contribution >= 0.6 is 11.6 Å². The normalized spacial score (nSPS) is 17.3. The summed E-state index contributed by atoms with van der Waals surface area (Å²) in [6.45, 7) is 0.00228. The van der Waals surface area contributed by atoms with E-state index in [1.165, 1.54) is 0 Å². The van der Waals surface area contributed by atoms with Crippen molar-refractivity contribution in [2.45, 2.75) is 25.5 Å². The van der Waals surface area contributed by atoms with Gasteiger partial charge in [-0.2, -0.15) is 0 Å². The molecule has 1 N–H and O–H groups in total. The zero-order chi connectivity index (χ0) is 15.5. The molecule has 1 aromatic carbocycles. The Morgan fingerprint density at radius 1 is 1.41 bits per heavy atom. The van der Waals surface area contributed by atoms with Crippen molar-refractivity contribution in [3.63, 3.8) is 0 Å². The van der Waals surface area contributed by atoms with Crippen LogP contribution in [0.5, 0.6) is 0 Å². The zero-order valence-electron chi connectivity index (χ0n) is 11.5. The number of hydrogen-bond acceptors (Lipinski definition) is 5. The highest BCUT2D eigenvalue weighted by Gasteiger charge is 2.28. The molecule has 1 fully saturated rings. The summed E-state index contributed by atoms with van der Waals surface area (Å²) in [4.78, 5) is 22.8. The van der Waals surface area contributed by atoms with Crippen LogP contribution in [0.3, 0.4) is 0 Å². The standard InChI is InChI=1S/C15H13ClN2O4/c16-10-3-1-9(2-4-10)13-7-11(18-22-13)8-21-15(20)12-5-6-14(19)17-12/h1-4,7,12H,5-6,8H2,(H,17,19). The molecule has 1 unspecified atom stereocenters. The molecule has 2 heterocycles. The predicted molar refractivity (Wildman–Crippen MR) is 77.9 cm³/mol. The zero-order valence-corrected chi connectivity index (χ0v) is 12.3. The van der Waals surface area contributed by atoms with Crippen LogP contribution in [0.2, 0.25) is 5.02 Å². The van der Waals surface area contributed by atoms with Gasteiger partial charge >= 0.3 is 5.97 Å². The van der Waals surface area contributed by atoms with E-state index in [0.29, 0.717) is 29.3 Å². The number of nitrogens with one attached hydrogen (secondary N) is 1. The highest BCUT2D eigenvalue weighted by molar-refractivity contribution is 6.30. The number of hydrogen-bond donors (Lipinski definition) is 1. The Balaban J connectivity index is 1.59. The summed E-state index contributed by atoms with van der Waals surface area (Å²) in [7, 11) is 0. The average Bonchev–Trinajstić information content (AvgIpc) is 3.15. The van der Waals surface area contributed by atoms with E-state index in [0.717, 1.165) is 5.56 Å². The Morgan fingerprint density at radius 2 is 2.18 bits per heavy atom. The fraction of sp³-hybridized carbons (Fsp3) is 0.267. The van der Waals surface area contributed by atoms with Gasteiger partial charge in [-0.1, -0.05) is 16.8 Å². The molecule has 1 amide bonds. The number of esters is 1. The van der Waals surface area contributed by atoms with Crippen molar-refractivity contribution in [2.75, 3.05) is 0 Å². The number of amides is 1. The molecule has 0 spiro atoms. The number of nitrogens with zero attached hydrogens (tertiary/aromatic N) is 1. The molecule has 2 aromatic rings. The van der Waals surface area contributed by atoms with Crippen LogP contribution in [0.1, 0.15) is 18.5 Å². The molecule has 0 radical (unpaired) electrons. The second kappa shape index (κ2) is 6.19. The van der Waals surface area contributed by atoms with E-state index in [4.69, 9.17) is 20.9 Å². The first-order chi connectivity index (χ1) is 10.6. The predicted octanol–water partition coefficient (Wildman–Crippen LogP) is 2.32. The van der Waals surface area contributed by atoms with Gasteiger partial charge in [0.05, 0.1) is 0 Å². The molecule has 1 aliphatic rings. The number of rotatable bonds is 4. The summed E-state index contributed by atoms with van der Waals surface area (Å²) >= 11 is 5.83. The molecular formula is C15H13ClN2O4. The number of halogens is 1. The van der Waals surface area contributed by atoms with E-state index in [1.54, 1.807) is 18.2 Å². The van der Waals surface area contributed by atoms with Crippen molar-refractivity contribution >= 4 is 23.5 Å². The Bertz CT molecular complexity index is 696. The molecule has 22 heavy (non-hydrogen) atoms. The van der Waals surface area contributed by atoms with E-state index in [1.807, 2.05) is 12.1 Å². The van der Waals surface area contributed by atoms with Crippen LogP contribution in [0.15, 0.2) is 34.9 Å². The largest absolute Gasteiger partial charge is 0.458 e. The van der Waals surface area contributed by atoms with Gasteiger partial charge < -0.3 is 14.6 Å². The summed E-state index contributed by atoms with van der Waals surface area (Å²) in [6, 6.07) is 8.27. The van der Waals surface area contributed by atoms with Gasteiger partial charge in [0.15, 0.2) is 5.76 Å². The van der Waals surface area contributed by atoms with Crippen molar-refractivity contribution in [3.8, 4) is 11.3 Å². The molecule has 1 atom stereocenters. The summed E-state index contributed by atoms with van der Waals surface area (Å²) in [5.41, 5.74) is 1.33. The number of ether oxygens (including phenoxy) is 1. The summed E-state index contributed by atoms with van der Waals surface area (Å²) in [6.07, 6.45) is 0.816. The van der Waals surface area contributed by atoms with E-state index in [-0.39, 0.29) is 12.5 Å². The van der Waals surface area contributed by atoms with E-state index in [9.17, 15) is 9.59 Å². The smallest absolute Gasteiger partial charge is 0.329 e. The topological polar surface area (TPSA) is 81.4 Å². The van der Waals surface area contributed by atoms with E-state index < -0.39 is 12.0 Å². The van der Waals surface area contributed by atoms with Crippen LogP contribution in [0.4, 0.5) is 0 Å². The molecule has 1 aromatic heterocycles. The van der Waals surface area contributed by atoms with Crippen molar-refractivity contribution in [2.24, 2.45) is 0 Å². The highest BCUT2D eigenvalue weighted by Crippen LogP contribution is 2.22. The van der Waals surface area contributed by atoms with Gasteiger partial charge in [0.1, 0.15) is 18.3 Å². The molecule has 1 aliphatic heterocycles. The van der Waals surface area contributed by atoms with Gasteiger partial charge in [-0.3, -0.25) is 4.79 Å². The Kier molecular flexibility index (Phi) is 4.11. The van der Waals surface area contributed by atoms with Crippen molar-refractivity contribution < 1.29 is 18.8 Å². The molecule has 0 saturated carbocycles. The van der Waals surface area contributed by atoms with Crippen molar-refractivity contribution in [3.05, 3.63) is 41.0 Å². The lowest BCUT2D eigenvalue weighted by molar-refractivity contribution is -0.147. The van der Waals surface area contributed by atoms with Gasteiger partial charge in [-0.05, 0) is 30.7 Å². The van der Waals surface area contributed by atoms with Crippen LogP contribution in [-0.2, 0) is 20.9 Å². The Labute approximate surface area is 131 Å². The van der Waals surface area contributed by atoms with E-state index >= 15 is 0 Å². The fourth-order valence-electron chi connectivity index (χ4n) is 2.17. The van der Waals surface area contributed by atoms with Gasteiger partial charge in [-0.15, -0.1) is 0 Å². The molecule has 3 rings (SSSR count). The van der Waals surface area contributed by atoms with Gasteiger partial charge in [0.25, 0.3) is 0 Å². The first-order valence-electron chi connectivity index (χ1n) is 6.79. The first-order valence-corrected chi connectivity index (χ1v) is 7.17. The van der Waals surface area contributed by atoms with Crippen LogP contribution in [0, 0.1) is 0 Å².